The molecular formula is C11H12ClNO. The second kappa shape index (κ2) is 3.54. The average molecular weight is 210 g/mol. The second-order valence-electron chi connectivity index (χ2n) is 3.27. The molecule has 0 radical (unpaired) electrons. The molecule has 1 aromatic carbocycles. The van der Waals surface area contributed by atoms with Gasteiger partial charge >= 0.3 is 0 Å². The number of fused-ring (bicyclic) bond motifs is 1. The standard InChI is InChI=1S/C11H12ClNO/c1-2-3-7-8-4-5-14-11(8)9(12)6-10(7)13/h2-3,6H,4-5,13H2,1H3/b3-2+. The van der Waals surface area contributed by atoms with Crippen LogP contribution in [0.5, 0.6) is 5.75 Å². The molecule has 0 saturated carbocycles. The Bertz CT molecular complexity index is 399. The van der Waals surface area contributed by atoms with E-state index in [1.807, 2.05) is 19.1 Å². The highest BCUT2D eigenvalue weighted by molar-refractivity contribution is 6.32. The Kier molecular flexibility index (Phi) is 2.38. The third kappa shape index (κ3) is 1.36. The molecule has 1 aliphatic rings. The molecule has 0 spiro atoms. The summed E-state index contributed by atoms with van der Waals surface area (Å²) in [4.78, 5) is 0. The molecule has 0 bridgehead atoms. The van der Waals surface area contributed by atoms with Crippen molar-refractivity contribution in [2.24, 2.45) is 0 Å². The SMILES string of the molecule is C/C=C/c1c(N)cc(Cl)c2c1CCO2. The molecule has 0 atom stereocenters. The Hall–Kier alpha value is -1.15. The summed E-state index contributed by atoms with van der Waals surface area (Å²) in [6.45, 7) is 2.67. The van der Waals surface area contributed by atoms with E-state index in [9.17, 15) is 0 Å². The lowest BCUT2D eigenvalue weighted by Crippen LogP contribution is -1.94. The molecule has 0 aromatic heterocycles. The molecule has 0 unspecified atom stereocenters. The van der Waals surface area contributed by atoms with Crippen molar-refractivity contribution < 1.29 is 4.74 Å². The molecule has 3 heteroatoms. The first-order valence-corrected chi connectivity index (χ1v) is 4.98. The lowest BCUT2D eigenvalue weighted by molar-refractivity contribution is 0.357. The summed E-state index contributed by atoms with van der Waals surface area (Å²) in [7, 11) is 0. The first-order chi connectivity index (χ1) is 6.74. The summed E-state index contributed by atoms with van der Waals surface area (Å²) in [5, 5.41) is 0.614. The van der Waals surface area contributed by atoms with E-state index in [-0.39, 0.29) is 0 Å². The Labute approximate surface area is 88.3 Å². The minimum absolute atomic E-state index is 0.614. The molecule has 2 N–H and O–H groups in total. The number of ether oxygens (including phenoxy) is 1. The zero-order chi connectivity index (χ0) is 10.1. The van der Waals surface area contributed by atoms with E-state index in [2.05, 4.69) is 0 Å². The summed E-state index contributed by atoms with van der Waals surface area (Å²) in [6, 6.07) is 1.75. The highest BCUT2D eigenvalue weighted by Gasteiger charge is 2.20. The van der Waals surface area contributed by atoms with Gasteiger partial charge in [0.05, 0.1) is 11.6 Å². The van der Waals surface area contributed by atoms with Gasteiger partial charge < -0.3 is 10.5 Å². The van der Waals surface area contributed by atoms with Crippen molar-refractivity contribution in [3.05, 3.63) is 28.3 Å². The Morgan fingerprint density at radius 1 is 1.57 bits per heavy atom. The number of nitrogen functional groups attached to an aromatic ring is 1. The van der Waals surface area contributed by atoms with Gasteiger partial charge in [0.25, 0.3) is 0 Å². The molecule has 1 heterocycles. The van der Waals surface area contributed by atoms with E-state index in [1.165, 1.54) is 0 Å². The Balaban J connectivity index is 2.65. The van der Waals surface area contributed by atoms with Crippen molar-refractivity contribution in [3.63, 3.8) is 0 Å². The van der Waals surface area contributed by atoms with E-state index in [0.29, 0.717) is 11.6 Å². The number of halogens is 1. The maximum Gasteiger partial charge on any atom is 0.141 e. The number of rotatable bonds is 1. The quantitative estimate of drug-likeness (QED) is 0.722. The Morgan fingerprint density at radius 3 is 3.07 bits per heavy atom. The molecule has 0 amide bonds. The first-order valence-electron chi connectivity index (χ1n) is 4.60. The average Bonchev–Trinajstić information content (AvgIpc) is 2.60. The molecule has 0 aliphatic carbocycles. The topological polar surface area (TPSA) is 35.2 Å². The van der Waals surface area contributed by atoms with E-state index in [0.717, 1.165) is 29.0 Å². The summed E-state index contributed by atoms with van der Waals surface area (Å²) in [5.74, 6) is 0.800. The van der Waals surface area contributed by atoms with E-state index in [4.69, 9.17) is 22.1 Å². The fraction of sp³-hybridized carbons (Fsp3) is 0.273. The van der Waals surface area contributed by atoms with Crippen LogP contribution in [0.25, 0.3) is 6.08 Å². The van der Waals surface area contributed by atoms with Crippen molar-refractivity contribution in [3.8, 4) is 5.75 Å². The third-order valence-corrected chi connectivity index (χ3v) is 2.62. The highest BCUT2D eigenvalue weighted by atomic mass is 35.5. The van der Waals surface area contributed by atoms with E-state index in [1.54, 1.807) is 6.07 Å². The first kappa shape index (κ1) is 9.41. The molecule has 14 heavy (non-hydrogen) atoms. The molecule has 74 valence electrons. The van der Waals surface area contributed by atoms with Crippen molar-refractivity contribution in [2.75, 3.05) is 12.3 Å². The van der Waals surface area contributed by atoms with Crippen LogP contribution in [0.15, 0.2) is 12.1 Å². The van der Waals surface area contributed by atoms with Gasteiger partial charge in [-0.3, -0.25) is 0 Å². The molecule has 0 fully saturated rings. The van der Waals surface area contributed by atoms with Crippen LogP contribution in [0, 0.1) is 0 Å². The largest absolute Gasteiger partial charge is 0.491 e. The van der Waals surface area contributed by atoms with Crippen LogP contribution in [-0.4, -0.2) is 6.61 Å². The number of allylic oxidation sites excluding steroid dienone is 1. The van der Waals surface area contributed by atoms with Gasteiger partial charge in [0, 0.05) is 23.2 Å². The number of anilines is 1. The van der Waals surface area contributed by atoms with Gasteiger partial charge in [0.1, 0.15) is 5.75 Å². The van der Waals surface area contributed by atoms with Gasteiger partial charge in [-0.05, 0) is 13.0 Å². The predicted molar refractivity (Wildman–Crippen MR) is 59.8 cm³/mol. The molecule has 1 aliphatic heterocycles. The van der Waals surface area contributed by atoms with E-state index >= 15 is 0 Å². The van der Waals surface area contributed by atoms with Gasteiger partial charge in [0.15, 0.2) is 0 Å². The Morgan fingerprint density at radius 2 is 2.36 bits per heavy atom. The summed E-state index contributed by atoms with van der Waals surface area (Å²) < 4.78 is 5.45. The van der Waals surface area contributed by atoms with Crippen LogP contribution >= 0.6 is 11.6 Å². The fourth-order valence-corrected chi connectivity index (χ4v) is 2.03. The zero-order valence-electron chi connectivity index (χ0n) is 8.01. The monoisotopic (exact) mass is 209 g/mol. The number of hydrogen-bond acceptors (Lipinski definition) is 2. The fourth-order valence-electron chi connectivity index (χ4n) is 1.74. The third-order valence-electron chi connectivity index (χ3n) is 2.34. The van der Waals surface area contributed by atoms with Crippen molar-refractivity contribution >= 4 is 23.4 Å². The van der Waals surface area contributed by atoms with Crippen LogP contribution in [0.2, 0.25) is 5.02 Å². The number of nitrogens with two attached hydrogens (primary N) is 1. The van der Waals surface area contributed by atoms with Crippen molar-refractivity contribution in [2.45, 2.75) is 13.3 Å². The lowest BCUT2D eigenvalue weighted by atomic mass is 10.0. The molecule has 0 saturated heterocycles. The second-order valence-corrected chi connectivity index (χ2v) is 3.67. The smallest absolute Gasteiger partial charge is 0.141 e. The van der Waals surface area contributed by atoms with Gasteiger partial charge in [-0.15, -0.1) is 0 Å². The number of benzene rings is 1. The highest BCUT2D eigenvalue weighted by Crippen LogP contribution is 2.39. The summed E-state index contributed by atoms with van der Waals surface area (Å²) in [5.41, 5.74) is 8.79. The van der Waals surface area contributed by atoms with E-state index < -0.39 is 0 Å². The van der Waals surface area contributed by atoms with Crippen LogP contribution in [0.1, 0.15) is 18.1 Å². The van der Waals surface area contributed by atoms with Gasteiger partial charge in [-0.25, -0.2) is 0 Å². The minimum Gasteiger partial charge on any atom is -0.491 e. The van der Waals surface area contributed by atoms with Gasteiger partial charge in [-0.1, -0.05) is 23.8 Å². The minimum atomic E-state index is 0.614. The van der Waals surface area contributed by atoms with Gasteiger partial charge in [0.2, 0.25) is 0 Å². The molecule has 1 aromatic rings. The van der Waals surface area contributed by atoms with Crippen molar-refractivity contribution in [1.82, 2.24) is 0 Å². The van der Waals surface area contributed by atoms with Crippen LogP contribution in [0.4, 0.5) is 5.69 Å². The van der Waals surface area contributed by atoms with Gasteiger partial charge in [-0.2, -0.15) is 0 Å². The van der Waals surface area contributed by atoms with Crippen molar-refractivity contribution in [1.29, 1.82) is 0 Å². The van der Waals surface area contributed by atoms with Crippen LogP contribution in [0.3, 0.4) is 0 Å². The maximum atomic E-state index is 6.02. The van der Waals surface area contributed by atoms with Crippen LogP contribution in [-0.2, 0) is 6.42 Å². The zero-order valence-corrected chi connectivity index (χ0v) is 8.77. The normalized spacial score (nSPS) is 14.4. The summed E-state index contributed by atoms with van der Waals surface area (Å²) >= 11 is 6.02. The maximum absolute atomic E-state index is 6.02. The molecular weight excluding hydrogens is 198 g/mol. The molecule has 2 rings (SSSR count). The molecule has 2 nitrogen and oxygen atoms in total. The van der Waals surface area contributed by atoms with Crippen LogP contribution < -0.4 is 10.5 Å². The predicted octanol–water partition coefficient (Wildman–Crippen LogP) is 2.89. The number of hydrogen-bond donors (Lipinski definition) is 1. The summed E-state index contributed by atoms with van der Waals surface area (Å²) in [6.07, 6.45) is 4.86. The lowest BCUT2D eigenvalue weighted by Gasteiger charge is -2.08.